The van der Waals surface area contributed by atoms with Gasteiger partial charge in [0.2, 0.25) is 0 Å². The number of anilines is 1. The summed E-state index contributed by atoms with van der Waals surface area (Å²) in [5.74, 6) is 1.09. The van der Waals surface area contributed by atoms with Crippen LogP contribution in [-0.4, -0.2) is 24.1 Å². The number of pyridine rings is 1. The first-order valence-corrected chi connectivity index (χ1v) is 7.06. The van der Waals surface area contributed by atoms with Gasteiger partial charge in [-0.3, -0.25) is 0 Å². The van der Waals surface area contributed by atoms with Crippen LogP contribution in [0, 0.1) is 13.8 Å². The fourth-order valence-corrected chi connectivity index (χ4v) is 2.23. The molecule has 0 unspecified atom stereocenters. The highest BCUT2D eigenvalue weighted by Crippen LogP contribution is 2.24. The molecule has 0 radical (unpaired) electrons. The zero-order chi connectivity index (χ0) is 14.4. The van der Waals surface area contributed by atoms with E-state index >= 15 is 0 Å². The summed E-state index contributed by atoms with van der Waals surface area (Å²) in [5.41, 5.74) is 3.67. The molecule has 0 bridgehead atoms. The average Bonchev–Trinajstić information content (AvgIpc) is 2.33. The number of rotatable bonds is 7. The summed E-state index contributed by atoms with van der Waals surface area (Å²) < 4.78 is 0. The van der Waals surface area contributed by atoms with Gasteiger partial charge in [-0.1, -0.05) is 13.0 Å². The number of nitrogens with zero attached hydrogens (tertiary/aromatic N) is 2. The molecule has 3 nitrogen and oxygen atoms in total. The summed E-state index contributed by atoms with van der Waals surface area (Å²) in [6.07, 6.45) is 1.94. The highest BCUT2D eigenvalue weighted by atomic mass is 15.2. The summed E-state index contributed by atoms with van der Waals surface area (Å²) >= 11 is 0. The molecular formula is C16H27N3. The molecule has 0 atom stereocenters. The van der Waals surface area contributed by atoms with Crippen molar-refractivity contribution in [3.8, 4) is 0 Å². The van der Waals surface area contributed by atoms with Gasteiger partial charge in [-0.25, -0.2) is 4.98 Å². The second-order valence-electron chi connectivity index (χ2n) is 5.20. The zero-order valence-corrected chi connectivity index (χ0v) is 13.0. The molecule has 0 fully saturated rings. The monoisotopic (exact) mass is 261 g/mol. The van der Waals surface area contributed by atoms with Gasteiger partial charge >= 0.3 is 0 Å². The molecule has 3 heteroatoms. The van der Waals surface area contributed by atoms with Gasteiger partial charge in [-0.05, 0) is 45.9 Å². The lowest BCUT2D eigenvalue weighted by Crippen LogP contribution is -2.33. The van der Waals surface area contributed by atoms with E-state index in [9.17, 15) is 0 Å². The van der Waals surface area contributed by atoms with Crippen molar-refractivity contribution < 1.29 is 0 Å². The molecule has 106 valence electrons. The van der Waals surface area contributed by atoms with E-state index in [2.05, 4.69) is 57.5 Å². The van der Waals surface area contributed by atoms with E-state index in [0.717, 1.165) is 31.1 Å². The summed E-state index contributed by atoms with van der Waals surface area (Å²) in [6, 6.07) is 2.56. The van der Waals surface area contributed by atoms with E-state index in [1.165, 1.54) is 11.1 Å². The Labute approximate surface area is 117 Å². The normalized spacial score (nSPS) is 10.8. The van der Waals surface area contributed by atoms with Crippen molar-refractivity contribution in [3.05, 3.63) is 35.5 Å². The smallest absolute Gasteiger partial charge is 0.134 e. The van der Waals surface area contributed by atoms with Crippen LogP contribution in [0.1, 0.15) is 37.6 Å². The second-order valence-corrected chi connectivity index (χ2v) is 5.20. The first-order chi connectivity index (χ1) is 9.01. The molecule has 0 saturated carbocycles. The maximum absolute atomic E-state index is 4.77. The third kappa shape index (κ3) is 4.06. The molecule has 19 heavy (non-hydrogen) atoms. The number of aromatic nitrogens is 1. The van der Waals surface area contributed by atoms with E-state index in [1.807, 2.05) is 6.08 Å². The molecule has 0 aliphatic carbocycles. The molecule has 1 rings (SSSR count). The van der Waals surface area contributed by atoms with E-state index in [4.69, 9.17) is 4.98 Å². The fourth-order valence-electron chi connectivity index (χ4n) is 2.23. The van der Waals surface area contributed by atoms with Gasteiger partial charge in [0, 0.05) is 30.4 Å². The van der Waals surface area contributed by atoms with Gasteiger partial charge in [-0.2, -0.15) is 0 Å². The second kappa shape index (κ2) is 7.29. The third-order valence-electron chi connectivity index (χ3n) is 3.23. The molecule has 0 spiro atoms. The quantitative estimate of drug-likeness (QED) is 0.764. The predicted molar refractivity (Wildman–Crippen MR) is 83.8 cm³/mol. The lowest BCUT2D eigenvalue weighted by Gasteiger charge is -2.30. The molecule has 0 aliphatic heterocycles. The molecule has 0 aliphatic rings. The molecule has 1 heterocycles. The molecular weight excluding hydrogens is 234 g/mol. The van der Waals surface area contributed by atoms with Crippen LogP contribution >= 0.6 is 0 Å². The summed E-state index contributed by atoms with van der Waals surface area (Å²) in [6.45, 7) is 17.3. The van der Waals surface area contributed by atoms with Crippen molar-refractivity contribution in [1.29, 1.82) is 0 Å². The van der Waals surface area contributed by atoms with Crippen LogP contribution in [0.4, 0.5) is 5.82 Å². The van der Waals surface area contributed by atoms with Gasteiger partial charge in [0.1, 0.15) is 5.82 Å². The Kier molecular flexibility index (Phi) is 6.03. The van der Waals surface area contributed by atoms with Crippen LogP contribution in [0.5, 0.6) is 0 Å². The SMILES string of the molecule is C=CCN(c1nc(C)cc(C)c1CNCC)C(C)C. The van der Waals surface area contributed by atoms with Gasteiger partial charge in [-0.15, -0.1) is 6.58 Å². The first-order valence-electron chi connectivity index (χ1n) is 7.06. The molecule has 1 aromatic heterocycles. The lowest BCUT2D eigenvalue weighted by molar-refractivity contribution is 0.681. The van der Waals surface area contributed by atoms with Crippen molar-refractivity contribution >= 4 is 5.82 Å². The zero-order valence-electron chi connectivity index (χ0n) is 13.0. The van der Waals surface area contributed by atoms with Crippen molar-refractivity contribution in [2.24, 2.45) is 0 Å². The van der Waals surface area contributed by atoms with Gasteiger partial charge in [0.15, 0.2) is 0 Å². The third-order valence-corrected chi connectivity index (χ3v) is 3.23. The Bertz CT molecular complexity index is 424. The summed E-state index contributed by atoms with van der Waals surface area (Å²) in [5, 5.41) is 3.41. The number of aryl methyl sites for hydroxylation is 2. The molecule has 1 N–H and O–H groups in total. The molecule has 0 saturated heterocycles. The Morgan fingerprint density at radius 3 is 2.63 bits per heavy atom. The van der Waals surface area contributed by atoms with E-state index in [1.54, 1.807) is 0 Å². The van der Waals surface area contributed by atoms with E-state index in [-0.39, 0.29) is 0 Å². The minimum Gasteiger partial charge on any atom is -0.350 e. The van der Waals surface area contributed by atoms with E-state index in [0.29, 0.717) is 6.04 Å². The number of hydrogen-bond donors (Lipinski definition) is 1. The minimum atomic E-state index is 0.409. The molecule has 0 amide bonds. The van der Waals surface area contributed by atoms with Gasteiger partial charge in [0.25, 0.3) is 0 Å². The largest absolute Gasteiger partial charge is 0.350 e. The van der Waals surface area contributed by atoms with Crippen molar-refractivity contribution in [1.82, 2.24) is 10.3 Å². The Morgan fingerprint density at radius 1 is 1.42 bits per heavy atom. The lowest BCUT2D eigenvalue weighted by atomic mass is 10.1. The van der Waals surface area contributed by atoms with Crippen molar-refractivity contribution in [3.63, 3.8) is 0 Å². The van der Waals surface area contributed by atoms with Crippen LogP contribution < -0.4 is 10.2 Å². The Morgan fingerprint density at radius 2 is 2.11 bits per heavy atom. The van der Waals surface area contributed by atoms with Gasteiger partial charge < -0.3 is 10.2 Å². The Hall–Kier alpha value is -1.35. The highest BCUT2D eigenvalue weighted by molar-refractivity contribution is 5.52. The maximum atomic E-state index is 4.77. The van der Waals surface area contributed by atoms with Crippen LogP contribution in [0.25, 0.3) is 0 Å². The number of hydrogen-bond acceptors (Lipinski definition) is 3. The van der Waals surface area contributed by atoms with Crippen LogP contribution in [0.2, 0.25) is 0 Å². The summed E-state index contributed by atoms with van der Waals surface area (Å²) in [7, 11) is 0. The first kappa shape index (κ1) is 15.7. The molecule has 1 aromatic rings. The van der Waals surface area contributed by atoms with Crippen LogP contribution in [0.15, 0.2) is 18.7 Å². The van der Waals surface area contributed by atoms with E-state index < -0.39 is 0 Å². The standard InChI is InChI=1S/C16H27N3/c1-7-9-19(12(3)4)16-15(11-17-8-2)13(5)10-14(6)18-16/h7,10,12,17H,1,8-9,11H2,2-6H3. The van der Waals surface area contributed by atoms with Crippen LogP contribution in [-0.2, 0) is 6.54 Å². The average molecular weight is 261 g/mol. The molecule has 0 aromatic carbocycles. The fraction of sp³-hybridized carbons (Fsp3) is 0.562. The topological polar surface area (TPSA) is 28.2 Å². The van der Waals surface area contributed by atoms with Gasteiger partial charge in [0.05, 0.1) is 0 Å². The highest BCUT2D eigenvalue weighted by Gasteiger charge is 2.17. The summed E-state index contributed by atoms with van der Waals surface area (Å²) in [4.78, 5) is 7.07. The number of nitrogens with one attached hydrogen (secondary N) is 1. The van der Waals surface area contributed by atoms with Crippen molar-refractivity contribution in [2.45, 2.75) is 47.2 Å². The maximum Gasteiger partial charge on any atom is 0.134 e. The Balaban J connectivity index is 3.24. The predicted octanol–water partition coefficient (Wildman–Crippen LogP) is 3.21. The van der Waals surface area contributed by atoms with Crippen LogP contribution in [0.3, 0.4) is 0 Å². The minimum absolute atomic E-state index is 0.409. The van der Waals surface area contributed by atoms with Crippen molar-refractivity contribution in [2.75, 3.05) is 18.0 Å².